The summed E-state index contributed by atoms with van der Waals surface area (Å²) in [4.78, 5) is 38.1. The number of pyridine rings is 2. The molecule has 4 aromatic rings. The Kier molecular flexibility index (Phi) is 6.26. The quantitative estimate of drug-likeness (QED) is 0.236. The standard InChI is InChI=1S/C24H24FN9O3/c1-26-17-11-19(32-34-18(12-29-22(17)34)23(36)31-16-10-14(16)25)30-15-4-3-7-33(24(15)37)20-8-13(5-6-28-20)9-21(35)27-2/h3-8,11-12,14,16,26H,9-10H2,1-2H3,(H,27,35)(H,30,32)(H,31,36)/p-1/t14-,16+/m0/s1. The van der Waals surface area contributed by atoms with Gasteiger partial charge in [0.25, 0.3) is 11.5 Å². The van der Waals surface area contributed by atoms with E-state index < -0.39 is 23.7 Å². The number of alkyl halides is 1. The van der Waals surface area contributed by atoms with Crippen LogP contribution in [0.1, 0.15) is 22.5 Å². The summed E-state index contributed by atoms with van der Waals surface area (Å²) < 4.78 is 16.0. The number of anilines is 3. The van der Waals surface area contributed by atoms with E-state index in [-0.39, 0.29) is 35.9 Å². The molecule has 1 aliphatic rings. The highest BCUT2D eigenvalue weighted by Gasteiger charge is 2.39. The van der Waals surface area contributed by atoms with E-state index in [1.807, 2.05) is 0 Å². The van der Waals surface area contributed by atoms with Crippen LogP contribution in [-0.4, -0.2) is 62.3 Å². The number of nitrogens with zero attached hydrogens (tertiary/aromatic N) is 6. The van der Waals surface area contributed by atoms with E-state index in [0.29, 0.717) is 22.7 Å². The highest BCUT2D eigenvalue weighted by atomic mass is 19.1. The van der Waals surface area contributed by atoms with Crippen molar-refractivity contribution in [1.82, 2.24) is 29.5 Å². The molecule has 2 atom stereocenters. The van der Waals surface area contributed by atoms with Crippen LogP contribution in [0.4, 0.5) is 21.6 Å². The maximum atomic E-state index is 13.3. The lowest BCUT2D eigenvalue weighted by Crippen LogP contribution is -2.28. The van der Waals surface area contributed by atoms with E-state index >= 15 is 0 Å². The molecule has 12 nitrogen and oxygen atoms in total. The molecule has 0 unspecified atom stereocenters. The Morgan fingerprint density at radius 2 is 2.08 bits per heavy atom. The molecule has 1 saturated carbocycles. The molecular formula is C24H23FN9O3-. The average Bonchev–Trinajstić information content (AvgIpc) is 3.41. The third-order valence-electron chi connectivity index (χ3n) is 5.87. The van der Waals surface area contributed by atoms with Gasteiger partial charge in [0.05, 0.1) is 17.9 Å². The van der Waals surface area contributed by atoms with Crippen molar-refractivity contribution in [3.8, 4) is 5.82 Å². The van der Waals surface area contributed by atoms with Crippen LogP contribution in [0, 0.1) is 0 Å². The Hall–Kier alpha value is -4.81. The summed E-state index contributed by atoms with van der Waals surface area (Å²) in [6, 6.07) is 7.74. The highest BCUT2D eigenvalue weighted by Crippen LogP contribution is 2.26. The second-order valence-corrected chi connectivity index (χ2v) is 8.44. The first-order valence-electron chi connectivity index (χ1n) is 11.5. The molecular weight excluding hydrogens is 481 g/mol. The molecule has 0 aromatic carbocycles. The number of carbonyl (C=O) groups is 1. The Morgan fingerprint density at radius 1 is 1.27 bits per heavy atom. The Morgan fingerprint density at radius 3 is 2.81 bits per heavy atom. The smallest absolute Gasteiger partial charge is 0.279 e. The molecule has 0 saturated heterocycles. The Balaban J connectivity index is 1.47. The number of rotatable bonds is 8. The van der Waals surface area contributed by atoms with E-state index in [2.05, 4.69) is 36.0 Å². The van der Waals surface area contributed by atoms with Gasteiger partial charge in [-0.15, -0.1) is 5.10 Å². The number of halogens is 1. The van der Waals surface area contributed by atoms with Crippen LogP contribution in [0.2, 0.25) is 0 Å². The molecule has 5 rings (SSSR count). The number of fused-ring (bicyclic) bond motifs is 1. The number of aromatic nitrogens is 5. The Bertz CT molecular complexity index is 1580. The summed E-state index contributed by atoms with van der Waals surface area (Å²) in [5.41, 5.74) is 1.56. The minimum absolute atomic E-state index is 0.100. The largest absolute Gasteiger partial charge is 0.862 e. The number of nitrogens with one attached hydrogen (secondary N) is 3. The zero-order valence-corrected chi connectivity index (χ0v) is 20.0. The van der Waals surface area contributed by atoms with Gasteiger partial charge in [-0.2, -0.15) is 0 Å². The van der Waals surface area contributed by atoms with E-state index in [0.717, 1.165) is 0 Å². The second-order valence-electron chi connectivity index (χ2n) is 8.44. The number of imidazole rings is 1. The molecule has 0 radical (unpaired) electrons. The Labute approximate surface area is 209 Å². The van der Waals surface area contributed by atoms with Gasteiger partial charge in [-0.05, 0) is 35.7 Å². The minimum atomic E-state index is -1.04. The second kappa shape index (κ2) is 9.68. The van der Waals surface area contributed by atoms with Crippen molar-refractivity contribution in [2.24, 2.45) is 4.99 Å². The van der Waals surface area contributed by atoms with Gasteiger partial charge in [0.1, 0.15) is 17.7 Å². The summed E-state index contributed by atoms with van der Waals surface area (Å²) in [6.07, 6.45) is 3.79. The minimum Gasteiger partial charge on any atom is -0.862 e. The third kappa shape index (κ3) is 4.83. The molecule has 1 aliphatic carbocycles. The predicted molar refractivity (Wildman–Crippen MR) is 133 cm³/mol. The van der Waals surface area contributed by atoms with Gasteiger partial charge in [-0.3, -0.25) is 14.2 Å². The molecule has 0 aliphatic heterocycles. The first-order chi connectivity index (χ1) is 17.9. The van der Waals surface area contributed by atoms with E-state index in [1.54, 1.807) is 43.6 Å². The van der Waals surface area contributed by atoms with Crippen molar-refractivity contribution in [2.75, 3.05) is 24.7 Å². The van der Waals surface area contributed by atoms with Crippen LogP contribution < -0.4 is 26.6 Å². The first kappa shape index (κ1) is 23.9. The number of amides is 1. The molecule has 190 valence electrons. The summed E-state index contributed by atoms with van der Waals surface area (Å²) in [5.74, 6) is -0.165. The van der Waals surface area contributed by atoms with E-state index in [1.165, 1.54) is 28.5 Å². The molecule has 3 N–H and O–H groups in total. The first-order valence-corrected chi connectivity index (χ1v) is 11.5. The van der Waals surface area contributed by atoms with Crippen LogP contribution in [0.25, 0.3) is 11.5 Å². The van der Waals surface area contributed by atoms with Crippen molar-refractivity contribution in [1.29, 1.82) is 0 Å². The molecule has 1 fully saturated rings. The number of carbonyl (C=O) groups excluding carboxylic acids is 1. The molecule has 0 spiro atoms. The maximum Gasteiger partial charge on any atom is 0.279 e. The van der Waals surface area contributed by atoms with E-state index in [4.69, 9.17) is 0 Å². The molecule has 13 heteroatoms. The SMILES string of the molecule is CN=C([O-])Cc1ccnc(-n2cccc(Nc3cc(NC)c4ncc(C(=O)N[C@@H]5C[C@@H]5F)n4n3)c2=O)c1. The molecule has 4 aromatic heterocycles. The van der Waals surface area contributed by atoms with Crippen LogP contribution >= 0.6 is 0 Å². The van der Waals surface area contributed by atoms with Crippen LogP contribution in [0.3, 0.4) is 0 Å². The van der Waals surface area contributed by atoms with Gasteiger partial charge in [0.15, 0.2) is 17.2 Å². The summed E-state index contributed by atoms with van der Waals surface area (Å²) >= 11 is 0. The average molecular weight is 505 g/mol. The summed E-state index contributed by atoms with van der Waals surface area (Å²) in [5, 5.41) is 24.8. The molecule has 1 amide bonds. The van der Waals surface area contributed by atoms with Gasteiger partial charge in [-0.1, -0.05) is 0 Å². The topological polar surface area (TPSA) is 154 Å². The van der Waals surface area contributed by atoms with Gasteiger partial charge >= 0.3 is 0 Å². The van der Waals surface area contributed by atoms with Crippen molar-refractivity contribution >= 4 is 34.6 Å². The van der Waals surface area contributed by atoms with Crippen molar-refractivity contribution in [2.45, 2.75) is 25.1 Å². The maximum absolute atomic E-state index is 13.3. The lowest BCUT2D eigenvalue weighted by Gasteiger charge is -2.13. The van der Waals surface area contributed by atoms with Gasteiger partial charge in [0, 0.05) is 45.4 Å². The molecule has 37 heavy (non-hydrogen) atoms. The summed E-state index contributed by atoms with van der Waals surface area (Å²) in [6.45, 7) is 0. The van der Waals surface area contributed by atoms with Gasteiger partial charge in [-0.25, -0.2) is 18.9 Å². The number of hydrogen-bond donors (Lipinski definition) is 3. The normalized spacial score (nSPS) is 17.0. The van der Waals surface area contributed by atoms with Crippen LogP contribution in [-0.2, 0) is 6.42 Å². The van der Waals surface area contributed by atoms with Crippen molar-refractivity contribution < 1.29 is 14.3 Å². The zero-order valence-electron chi connectivity index (χ0n) is 20.0. The molecule has 0 bridgehead atoms. The number of aliphatic imine (C=N–C) groups is 1. The fourth-order valence-electron chi connectivity index (χ4n) is 3.79. The summed E-state index contributed by atoms with van der Waals surface area (Å²) in [7, 11) is 3.12. The van der Waals surface area contributed by atoms with Crippen LogP contribution in [0.5, 0.6) is 0 Å². The predicted octanol–water partition coefficient (Wildman–Crippen LogP) is 0.832. The monoisotopic (exact) mass is 504 g/mol. The number of hydrogen-bond acceptors (Lipinski definition) is 9. The van der Waals surface area contributed by atoms with Gasteiger partial charge in [0.2, 0.25) is 0 Å². The zero-order chi connectivity index (χ0) is 26.1. The van der Waals surface area contributed by atoms with Gasteiger partial charge < -0.3 is 26.0 Å². The lowest BCUT2D eigenvalue weighted by atomic mass is 10.2. The molecule has 4 heterocycles. The fourth-order valence-corrected chi connectivity index (χ4v) is 3.79. The lowest BCUT2D eigenvalue weighted by molar-refractivity contribution is -0.218. The highest BCUT2D eigenvalue weighted by molar-refractivity contribution is 5.94. The van der Waals surface area contributed by atoms with Crippen molar-refractivity contribution in [3.05, 3.63) is 70.5 Å². The van der Waals surface area contributed by atoms with Crippen LogP contribution in [0.15, 0.2) is 58.7 Å². The van der Waals surface area contributed by atoms with Crippen molar-refractivity contribution in [3.63, 3.8) is 0 Å². The third-order valence-corrected chi connectivity index (χ3v) is 5.87. The van der Waals surface area contributed by atoms with E-state index in [9.17, 15) is 19.1 Å². The fraction of sp³-hybridized carbons (Fsp3) is 0.250.